The van der Waals surface area contributed by atoms with Gasteiger partial charge in [-0.25, -0.2) is 0 Å². The van der Waals surface area contributed by atoms with Crippen molar-refractivity contribution in [3.05, 3.63) is 0 Å². The smallest absolute Gasteiger partial charge is 0.371 e. The van der Waals surface area contributed by atoms with E-state index >= 15 is 0 Å². The first-order chi connectivity index (χ1) is 7.99. The van der Waals surface area contributed by atoms with Crippen LogP contribution in [0.1, 0.15) is 12.8 Å². The molecule has 0 aromatic rings. The molecule has 2 aliphatic rings. The highest BCUT2D eigenvalue weighted by atomic mass is 19.4. The van der Waals surface area contributed by atoms with Gasteiger partial charge < -0.3 is 15.0 Å². The van der Waals surface area contributed by atoms with Crippen LogP contribution in [-0.2, 0) is 4.74 Å². The van der Waals surface area contributed by atoms with Crippen molar-refractivity contribution in [2.45, 2.75) is 19.0 Å². The van der Waals surface area contributed by atoms with Gasteiger partial charge in [0.25, 0.3) is 0 Å². The van der Waals surface area contributed by atoms with Gasteiger partial charge in [0.1, 0.15) is 6.61 Å². The lowest BCUT2D eigenvalue weighted by Gasteiger charge is -2.22. The molecule has 1 unspecified atom stereocenters. The largest absolute Gasteiger partial charge is 0.411 e. The third-order valence-electron chi connectivity index (χ3n) is 3.67. The van der Waals surface area contributed by atoms with Crippen LogP contribution >= 0.6 is 0 Å². The van der Waals surface area contributed by atoms with E-state index in [1.165, 1.54) is 6.42 Å². The standard InChI is InChI=1S/C11H19F3N2O/c12-11(13,14)9-17-6-5-16-4-2-10(8-16)1-3-15-7-10/h15H,1-9H2. The molecular formula is C11H19F3N2O. The zero-order chi connectivity index (χ0) is 12.4. The number of alkyl halides is 3. The molecule has 0 amide bonds. The number of nitrogens with zero attached hydrogens (tertiary/aromatic N) is 1. The molecule has 1 spiro atoms. The van der Waals surface area contributed by atoms with E-state index in [1.54, 1.807) is 0 Å². The van der Waals surface area contributed by atoms with Gasteiger partial charge in [-0.1, -0.05) is 0 Å². The number of rotatable bonds is 4. The Balaban J connectivity index is 1.62. The molecule has 17 heavy (non-hydrogen) atoms. The van der Waals surface area contributed by atoms with Crippen LogP contribution in [-0.4, -0.2) is 57.0 Å². The average Bonchev–Trinajstić information content (AvgIpc) is 2.84. The zero-order valence-electron chi connectivity index (χ0n) is 9.85. The summed E-state index contributed by atoms with van der Waals surface area (Å²) in [5, 5.41) is 3.36. The molecule has 2 rings (SSSR count). The normalized spacial score (nSPS) is 30.5. The molecule has 0 saturated carbocycles. The minimum Gasteiger partial charge on any atom is -0.371 e. The first-order valence-electron chi connectivity index (χ1n) is 6.07. The molecule has 2 heterocycles. The van der Waals surface area contributed by atoms with Crippen LogP contribution in [0.3, 0.4) is 0 Å². The van der Waals surface area contributed by atoms with Gasteiger partial charge in [-0.15, -0.1) is 0 Å². The van der Waals surface area contributed by atoms with Crippen molar-refractivity contribution >= 4 is 0 Å². The summed E-state index contributed by atoms with van der Waals surface area (Å²) in [6.45, 7) is 3.74. The maximum absolute atomic E-state index is 11.8. The Labute approximate surface area is 99.3 Å². The van der Waals surface area contributed by atoms with Crippen LogP contribution in [0, 0.1) is 5.41 Å². The van der Waals surface area contributed by atoms with Crippen molar-refractivity contribution in [2.75, 3.05) is 45.9 Å². The Morgan fingerprint density at radius 1 is 1.29 bits per heavy atom. The second-order valence-corrected chi connectivity index (χ2v) is 5.12. The Hall–Kier alpha value is -0.330. The van der Waals surface area contributed by atoms with E-state index < -0.39 is 12.8 Å². The first kappa shape index (κ1) is 13.1. The van der Waals surface area contributed by atoms with E-state index in [9.17, 15) is 13.2 Å². The van der Waals surface area contributed by atoms with Crippen LogP contribution in [0.15, 0.2) is 0 Å². The van der Waals surface area contributed by atoms with Crippen LogP contribution < -0.4 is 5.32 Å². The molecule has 0 aliphatic carbocycles. The van der Waals surface area contributed by atoms with Crippen molar-refractivity contribution < 1.29 is 17.9 Å². The molecule has 1 atom stereocenters. The van der Waals surface area contributed by atoms with Crippen LogP contribution in [0.25, 0.3) is 0 Å². The third kappa shape index (κ3) is 3.82. The summed E-state index contributed by atoms with van der Waals surface area (Å²) < 4.78 is 40.2. The van der Waals surface area contributed by atoms with Crippen molar-refractivity contribution in [2.24, 2.45) is 5.41 Å². The molecule has 2 saturated heterocycles. The van der Waals surface area contributed by atoms with E-state index in [4.69, 9.17) is 0 Å². The van der Waals surface area contributed by atoms with E-state index in [2.05, 4.69) is 15.0 Å². The number of likely N-dealkylation sites (tertiary alicyclic amines) is 1. The lowest BCUT2D eigenvalue weighted by molar-refractivity contribution is -0.174. The Morgan fingerprint density at radius 2 is 2.12 bits per heavy atom. The molecule has 0 bridgehead atoms. The van der Waals surface area contributed by atoms with Crippen molar-refractivity contribution in [3.8, 4) is 0 Å². The monoisotopic (exact) mass is 252 g/mol. The molecule has 2 aliphatic heterocycles. The van der Waals surface area contributed by atoms with Gasteiger partial charge in [-0.2, -0.15) is 13.2 Å². The summed E-state index contributed by atoms with van der Waals surface area (Å²) in [6.07, 6.45) is -1.87. The molecule has 1 N–H and O–H groups in total. The summed E-state index contributed by atoms with van der Waals surface area (Å²) >= 11 is 0. The van der Waals surface area contributed by atoms with E-state index in [0.717, 1.165) is 32.6 Å². The highest BCUT2D eigenvalue weighted by Crippen LogP contribution is 2.35. The third-order valence-corrected chi connectivity index (χ3v) is 3.67. The number of nitrogens with one attached hydrogen (secondary N) is 1. The van der Waals surface area contributed by atoms with Gasteiger partial charge in [0.05, 0.1) is 6.61 Å². The van der Waals surface area contributed by atoms with Crippen molar-refractivity contribution in [3.63, 3.8) is 0 Å². The summed E-state index contributed by atoms with van der Waals surface area (Å²) in [5.74, 6) is 0. The number of hydrogen-bond donors (Lipinski definition) is 1. The highest BCUT2D eigenvalue weighted by molar-refractivity contribution is 4.95. The topological polar surface area (TPSA) is 24.5 Å². The van der Waals surface area contributed by atoms with Gasteiger partial charge in [0, 0.05) is 19.6 Å². The van der Waals surface area contributed by atoms with E-state index in [-0.39, 0.29) is 6.61 Å². The fourth-order valence-electron chi connectivity index (χ4n) is 2.74. The molecule has 100 valence electrons. The molecular weight excluding hydrogens is 233 g/mol. The predicted molar refractivity (Wildman–Crippen MR) is 57.9 cm³/mol. The maximum Gasteiger partial charge on any atom is 0.411 e. The predicted octanol–water partition coefficient (Wildman–Crippen LogP) is 1.25. The minimum absolute atomic E-state index is 0.170. The van der Waals surface area contributed by atoms with Gasteiger partial charge in [-0.05, 0) is 31.3 Å². The molecule has 3 nitrogen and oxygen atoms in total. The lowest BCUT2D eigenvalue weighted by atomic mass is 9.87. The molecule has 0 aromatic heterocycles. The van der Waals surface area contributed by atoms with Crippen LogP contribution in [0.4, 0.5) is 13.2 Å². The Bertz CT molecular complexity index is 252. The van der Waals surface area contributed by atoms with Crippen LogP contribution in [0.5, 0.6) is 0 Å². The summed E-state index contributed by atoms with van der Waals surface area (Å²) in [7, 11) is 0. The fourth-order valence-corrected chi connectivity index (χ4v) is 2.74. The molecule has 0 radical (unpaired) electrons. The summed E-state index contributed by atoms with van der Waals surface area (Å²) in [6, 6.07) is 0. The van der Waals surface area contributed by atoms with Crippen LogP contribution in [0.2, 0.25) is 0 Å². The number of halogens is 3. The van der Waals surface area contributed by atoms with Gasteiger partial charge in [0.15, 0.2) is 0 Å². The lowest BCUT2D eigenvalue weighted by Crippen LogP contribution is -2.31. The quantitative estimate of drug-likeness (QED) is 0.762. The second-order valence-electron chi connectivity index (χ2n) is 5.12. The number of ether oxygens (including phenoxy) is 1. The van der Waals surface area contributed by atoms with E-state index in [0.29, 0.717) is 12.0 Å². The Kier molecular flexibility index (Phi) is 3.95. The molecule has 2 fully saturated rings. The van der Waals surface area contributed by atoms with Gasteiger partial charge >= 0.3 is 6.18 Å². The van der Waals surface area contributed by atoms with Gasteiger partial charge in [-0.3, -0.25) is 0 Å². The average molecular weight is 252 g/mol. The summed E-state index contributed by atoms with van der Waals surface area (Å²) in [4.78, 5) is 2.21. The SMILES string of the molecule is FC(F)(F)COCCN1CCC2(CCNC2)C1. The van der Waals surface area contributed by atoms with Crippen molar-refractivity contribution in [1.29, 1.82) is 0 Å². The minimum atomic E-state index is -4.21. The zero-order valence-corrected chi connectivity index (χ0v) is 9.85. The maximum atomic E-state index is 11.8. The first-order valence-corrected chi connectivity index (χ1v) is 6.07. The van der Waals surface area contributed by atoms with Gasteiger partial charge in [0.2, 0.25) is 0 Å². The summed E-state index contributed by atoms with van der Waals surface area (Å²) in [5.41, 5.74) is 0.379. The number of hydrogen-bond acceptors (Lipinski definition) is 3. The second kappa shape index (κ2) is 5.12. The van der Waals surface area contributed by atoms with E-state index in [1.807, 2.05) is 0 Å². The molecule has 0 aromatic carbocycles. The highest BCUT2D eigenvalue weighted by Gasteiger charge is 2.39. The Morgan fingerprint density at radius 3 is 2.76 bits per heavy atom. The molecule has 6 heteroatoms. The van der Waals surface area contributed by atoms with Crippen molar-refractivity contribution in [1.82, 2.24) is 10.2 Å². The fraction of sp³-hybridized carbons (Fsp3) is 1.00.